The van der Waals surface area contributed by atoms with Crippen molar-refractivity contribution < 1.29 is 9.59 Å². The highest BCUT2D eigenvalue weighted by Crippen LogP contribution is 2.11. The van der Waals surface area contributed by atoms with Crippen molar-refractivity contribution in [3.8, 4) is 6.07 Å². The maximum atomic E-state index is 12.0. The fourth-order valence-electron chi connectivity index (χ4n) is 1.49. The monoisotopic (exact) mass is 245 g/mol. The van der Waals surface area contributed by atoms with E-state index in [1.165, 1.54) is 11.8 Å². The van der Waals surface area contributed by atoms with Crippen molar-refractivity contribution in [2.45, 2.75) is 13.8 Å². The number of hydrogen-bond acceptors (Lipinski definition) is 3. The van der Waals surface area contributed by atoms with Gasteiger partial charge in [0, 0.05) is 24.7 Å². The van der Waals surface area contributed by atoms with Crippen LogP contribution in [0.25, 0.3) is 0 Å². The number of nitrogens with zero attached hydrogens (tertiary/aromatic N) is 2. The Morgan fingerprint density at radius 3 is 2.39 bits per heavy atom. The zero-order valence-corrected chi connectivity index (χ0v) is 10.4. The molecule has 0 saturated carbocycles. The highest BCUT2D eigenvalue weighted by atomic mass is 16.2. The molecule has 2 amide bonds. The first kappa shape index (κ1) is 13.7. The van der Waals surface area contributed by atoms with Crippen LogP contribution < -0.4 is 5.32 Å². The predicted octanol–water partition coefficient (Wildman–Crippen LogP) is 1.63. The van der Waals surface area contributed by atoms with Crippen molar-refractivity contribution in [1.82, 2.24) is 4.90 Å². The summed E-state index contributed by atoms with van der Waals surface area (Å²) < 4.78 is 0. The van der Waals surface area contributed by atoms with Crippen LogP contribution in [0.15, 0.2) is 24.3 Å². The van der Waals surface area contributed by atoms with Crippen LogP contribution in [-0.2, 0) is 4.79 Å². The van der Waals surface area contributed by atoms with Crippen molar-refractivity contribution in [2.24, 2.45) is 0 Å². The first-order chi connectivity index (χ1) is 8.58. The van der Waals surface area contributed by atoms with Gasteiger partial charge in [0.15, 0.2) is 0 Å². The van der Waals surface area contributed by atoms with Gasteiger partial charge in [0.05, 0.1) is 6.07 Å². The first-order valence-electron chi connectivity index (χ1n) is 5.62. The van der Waals surface area contributed by atoms with Gasteiger partial charge in [-0.1, -0.05) is 0 Å². The number of rotatable bonds is 4. The lowest BCUT2D eigenvalue weighted by atomic mass is 10.2. The molecule has 0 unspecified atom stereocenters. The second kappa shape index (κ2) is 6.40. The summed E-state index contributed by atoms with van der Waals surface area (Å²) in [6.07, 6.45) is 0. The Bertz CT molecular complexity index is 474. The molecule has 94 valence electrons. The van der Waals surface area contributed by atoms with Gasteiger partial charge in [-0.15, -0.1) is 0 Å². The third-order valence-electron chi connectivity index (χ3n) is 2.38. The molecule has 0 radical (unpaired) electrons. The van der Waals surface area contributed by atoms with Gasteiger partial charge in [0.1, 0.15) is 6.54 Å². The van der Waals surface area contributed by atoms with E-state index < -0.39 is 0 Å². The zero-order chi connectivity index (χ0) is 13.5. The van der Waals surface area contributed by atoms with Gasteiger partial charge < -0.3 is 10.2 Å². The summed E-state index contributed by atoms with van der Waals surface area (Å²) in [5.41, 5.74) is 1.14. The van der Waals surface area contributed by atoms with E-state index >= 15 is 0 Å². The molecular weight excluding hydrogens is 230 g/mol. The van der Waals surface area contributed by atoms with Crippen LogP contribution in [0.2, 0.25) is 0 Å². The molecule has 1 aromatic rings. The topological polar surface area (TPSA) is 73.2 Å². The average molecular weight is 245 g/mol. The van der Waals surface area contributed by atoms with Crippen molar-refractivity contribution in [3.63, 3.8) is 0 Å². The molecule has 0 heterocycles. The van der Waals surface area contributed by atoms with Gasteiger partial charge >= 0.3 is 0 Å². The Labute approximate surface area is 106 Å². The fourth-order valence-corrected chi connectivity index (χ4v) is 1.49. The first-order valence-corrected chi connectivity index (χ1v) is 5.62. The molecule has 0 aliphatic heterocycles. The molecular formula is C13H15N3O2. The second-order valence-corrected chi connectivity index (χ2v) is 3.74. The maximum absolute atomic E-state index is 12.0. The molecule has 1 rings (SSSR count). The lowest BCUT2D eigenvalue weighted by molar-refractivity contribution is -0.114. The highest BCUT2D eigenvalue weighted by molar-refractivity contribution is 5.95. The van der Waals surface area contributed by atoms with Crippen LogP contribution in [0, 0.1) is 11.3 Å². The molecule has 5 heteroatoms. The molecule has 0 aliphatic rings. The van der Waals surface area contributed by atoms with Crippen molar-refractivity contribution in [3.05, 3.63) is 29.8 Å². The Hall–Kier alpha value is -2.35. The molecule has 0 atom stereocenters. The normalized spacial score (nSPS) is 9.39. The Morgan fingerprint density at radius 1 is 1.33 bits per heavy atom. The molecule has 0 bridgehead atoms. The van der Waals surface area contributed by atoms with Crippen molar-refractivity contribution >= 4 is 17.5 Å². The fraction of sp³-hybridized carbons (Fsp3) is 0.308. The lowest BCUT2D eigenvalue weighted by Crippen LogP contribution is -2.31. The highest BCUT2D eigenvalue weighted by Gasteiger charge is 2.13. The minimum Gasteiger partial charge on any atom is -0.326 e. The molecule has 18 heavy (non-hydrogen) atoms. The molecule has 0 aromatic heterocycles. The molecule has 5 nitrogen and oxygen atoms in total. The zero-order valence-electron chi connectivity index (χ0n) is 10.4. The Morgan fingerprint density at radius 2 is 1.94 bits per heavy atom. The van der Waals surface area contributed by atoms with Gasteiger partial charge in [0.25, 0.3) is 5.91 Å². The minimum absolute atomic E-state index is 0.0722. The molecule has 1 N–H and O–H groups in total. The summed E-state index contributed by atoms with van der Waals surface area (Å²) in [7, 11) is 0. The van der Waals surface area contributed by atoms with Crippen LogP contribution in [0.3, 0.4) is 0 Å². The Kier molecular flexibility index (Phi) is 4.88. The third-order valence-corrected chi connectivity index (χ3v) is 2.38. The second-order valence-electron chi connectivity index (χ2n) is 3.74. The van der Waals surface area contributed by atoms with Crippen LogP contribution in [0.1, 0.15) is 24.2 Å². The predicted molar refractivity (Wildman–Crippen MR) is 67.9 cm³/mol. The standard InChI is InChI=1S/C13H15N3O2/c1-3-16(9-8-14)13(18)11-4-6-12(7-5-11)15-10(2)17/h4-7H,3,9H2,1-2H3,(H,15,17). The Balaban J connectivity index is 2.81. The maximum Gasteiger partial charge on any atom is 0.254 e. The van der Waals surface area contributed by atoms with E-state index in [2.05, 4.69) is 5.32 Å². The number of anilines is 1. The van der Waals surface area contributed by atoms with E-state index in [-0.39, 0.29) is 18.4 Å². The lowest BCUT2D eigenvalue weighted by Gasteiger charge is -2.17. The smallest absolute Gasteiger partial charge is 0.254 e. The summed E-state index contributed by atoms with van der Waals surface area (Å²) in [5, 5.41) is 11.2. The number of nitrogens with one attached hydrogen (secondary N) is 1. The molecule has 0 saturated heterocycles. The van der Waals surface area contributed by atoms with Crippen LogP contribution >= 0.6 is 0 Å². The van der Waals surface area contributed by atoms with Gasteiger partial charge in [-0.2, -0.15) is 5.26 Å². The summed E-state index contributed by atoms with van der Waals surface area (Å²) in [4.78, 5) is 24.3. The number of nitriles is 1. The van der Waals surface area contributed by atoms with Crippen molar-refractivity contribution in [1.29, 1.82) is 5.26 Å². The number of carbonyl (C=O) groups is 2. The minimum atomic E-state index is -0.187. The largest absolute Gasteiger partial charge is 0.326 e. The van der Waals surface area contributed by atoms with E-state index in [1.54, 1.807) is 24.3 Å². The summed E-state index contributed by atoms with van der Waals surface area (Å²) in [5.74, 6) is -0.345. The van der Waals surface area contributed by atoms with Gasteiger partial charge in [-0.05, 0) is 31.2 Å². The molecule has 0 spiro atoms. The average Bonchev–Trinajstić information content (AvgIpc) is 2.35. The summed E-state index contributed by atoms with van der Waals surface area (Å²) in [6, 6.07) is 8.54. The SMILES string of the molecule is CCN(CC#N)C(=O)c1ccc(NC(C)=O)cc1. The number of benzene rings is 1. The quantitative estimate of drug-likeness (QED) is 0.819. The number of hydrogen-bond donors (Lipinski definition) is 1. The van der Waals surface area contributed by atoms with Crippen LogP contribution in [0.4, 0.5) is 5.69 Å². The van der Waals surface area contributed by atoms with Gasteiger partial charge in [-0.25, -0.2) is 0 Å². The molecule has 0 aliphatic carbocycles. The van der Waals surface area contributed by atoms with Gasteiger partial charge in [-0.3, -0.25) is 9.59 Å². The third kappa shape index (κ3) is 3.59. The van der Waals surface area contributed by atoms with Gasteiger partial charge in [0.2, 0.25) is 5.91 Å². The number of amides is 2. The molecule has 0 fully saturated rings. The van der Waals surface area contributed by atoms with E-state index in [0.29, 0.717) is 17.8 Å². The van der Waals surface area contributed by atoms with Crippen LogP contribution in [0.5, 0.6) is 0 Å². The van der Waals surface area contributed by atoms with E-state index in [9.17, 15) is 9.59 Å². The van der Waals surface area contributed by atoms with E-state index in [1.807, 2.05) is 13.0 Å². The molecule has 1 aromatic carbocycles. The van der Waals surface area contributed by atoms with E-state index in [0.717, 1.165) is 0 Å². The van der Waals surface area contributed by atoms with Crippen LogP contribution in [-0.4, -0.2) is 29.8 Å². The van der Waals surface area contributed by atoms with E-state index in [4.69, 9.17) is 5.26 Å². The summed E-state index contributed by atoms with van der Waals surface area (Å²) >= 11 is 0. The van der Waals surface area contributed by atoms with Crippen molar-refractivity contribution in [2.75, 3.05) is 18.4 Å². The number of carbonyl (C=O) groups excluding carboxylic acids is 2. The summed E-state index contributed by atoms with van der Waals surface area (Å²) in [6.45, 7) is 3.80.